The molecule has 0 saturated heterocycles. The molecule has 0 amide bonds. The molecule has 0 bridgehead atoms. The molecule has 1 aliphatic carbocycles. The number of Topliss-reactive ketones (excluding diaryl/α,β-unsaturated/α-hetero) is 1. The van der Waals surface area contributed by atoms with Crippen molar-refractivity contribution in [2.75, 3.05) is 0 Å². The fraction of sp³-hybridized carbons (Fsp3) is 0.250. The van der Waals surface area contributed by atoms with Crippen molar-refractivity contribution < 1.29 is 28.3 Å². The van der Waals surface area contributed by atoms with Gasteiger partial charge in [0.15, 0.2) is 5.78 Å². The Bertz CT molecular complexity index is 379. The Morgan fingerprint density at radius 2 is 1.94 bits per heavy atom. The minimum atomic E-state index is -6.00. The largest absolute Gasteiger partial charge is 1.00 e. The lowest BCUT2D eigenvalue weighted by atomic mass is 10.0. The van der Waals surface area contributed by atoms with Crippen LogP contribution in [0.2, 0.25) is 0 Å². The van der Waals surface area contributed by atoms with Gasteiger partial charge in [-0.05, 0) is 13.0 Å². The first-order valence-corrected chi connectivity index (χ1v) is 4.21. The monoisotopic (exact) mass is 236 g/mol. The van der Waals surface area contributed by atoms with Crippen molar-refractivity contribution in [3.8, 4) is 0 Å². The summed E-state index contributed by atoms with van der Waals surface area (Å²) in [6.07, 6.45) is 5.57. The van der Waals surface area contributed by atoms with Crippen LogP contribution in [0, 0.1) is 0 Å². The van der Waals surface area contributed by atoms with Crippen molar-refractivity contribution in [3.63, 3.8) is 0 Å². The van der Waals surface area contributed by atoms with E-state index in [0.717, 1.165) is 0 Å². The molecule has 0 spiro atoms. The first-order chi connectivity index (χ1) is 7.24. The predicted molar refractivity (Wildman–Crippen MR) is 52.4 cm³/mol. The third kappa shape index (κ3) is 7.69. The summed E-state index contributed by atoms with van der Waals surface area (Å²) in [5, 5.41) is 0. The molecule has 0 unspecified atom stereocenters. The van der Waals surface area contributed by atoms with Crippen molar-refractivity contribution in [1.29, 1.82) is 0 Å². The molecule has 0 radical (unpaired) electrons. The second-order valence-electron chi connectivity index (χ2n) is 2.84. The van der Waals surface area contributed by atoms with E-state index in [2.05, 4.69) is 4.79 Å². The highest BCUT2D eigenvalue weighted by Gasteiger charge is 2.20. The van der Waals surface area contributed by atoms with Crippen LogP contribution in [0.3, 0.4) is 0 Å². The van der Waals surface area contributed by atoms with E-state index in [0.29, 0.717) is 17.7 Å². The van der Waals surface area contributed by atoms with Gasteiger partial charge in [-0.15, -0.1) is 0 Å². The third-order valence-electron chi connectivity index (χ3n) is 1.52. The van der Waals surface area contributed by atoms with Crippen LogP contribution in [-0.2, 0) is 4.79 Å². The topological polar surface area (TPSA) is 53.5 Å². The van der Waals surface area contributed by atoms with Crippen molar-refractivity contribution in [3.05, 3.63) is 29.3 Å². The van der Waals surface area contributed by atoms with E-state index >= 15 is 0 Å². The molecule has 88 valence electrons. The van der Waals surface area contributed by atoms with Crippen LogP contribution < -0.4 is 0 Å². The van der Waals surface area contributed by atoms with Crippen molar-refractivity contribution in [2.24, 2.45) is 0 Å². The zero-order valence-electron chi connectivity index (χ0n) is 9.33. The van der Waals surface area contributed by atoms with Gasteiger partial charge in [0.1, 0.15) is 0 Å². The Labute approximate surface area is 90.7 Å². The molecule has 0 N–H and O–H groups in total. The average Bonchev–Trinajstić information content (AvgIpc) is 2.15. The summed E-state index contributed by atoms with van der Waals surface area (Å²) in [4.78, 5) is 13.8. The third-order valence-corrected chi connectivity index (χ3v) is 1.52. The molecule has 0 aromatic rings. The molecular weight excluding hydrogens is 227 g/mol. The van der Waals surface area contributed by atoms with E-state index in [-0.39, 0.29) is 7.21 Å². The van der Waals surface area contributed by atoms with E-state index in [9.17, 15) is 22.1 Å². The number of ketones is 1. The lowest BCUT2D eigenvalue weighted by Crippen LogP contribution is -2.03. The molecule has 0 heterocycles. The zero-order chi connectivity index (χ0) is 12.8. The van der Waals surface area contributed by atoms with Crippen LogP contribution in [0.1, 0.15) is 14.8 Å². The van der Waals surface area contributed by atoms with Gasteiger partial charge >= 0.3 is 8.68 Å². The SMILES string of the molecule is CC(=O)C1=CCC(=[N+]=[N-])C=C1.F[B-](F)(F)F.[H+]. The van der Waals surface area contributed by atoms with Gasteiger partial charge in [-0.25, -0.2) is 0 Å². The molecule has 1 aliphatic rings. The molecular formula is C8H9BF4N2O. The van der Waals surface area contributed by atoms with Crippen LogP contribution in [-0.4, -0.2) is 23.5 Å². The minimum absolute atomic E-state index is 0. The second-order valence-corrected chi connectivity index (χ2v) is 2.84. The summed E-state index contributed by atoms with van der Waals surface area (Å²) in [6, 6.07) is 0. The molecule has 16 heavy (non-hydrogen) atoms. The number of halogens is 4. The first-order valence-electron chi connectivity index (χ1n) is 4.21. The number of nitrogens with zero attached hydrogens (tertiary/aromatic N) is 2. The summed E-state index contributed by atoms with van der Waals surface area (Å²) >= 11 is 0. The van der Waals surface area contributed by atoms with Crippen molar-refractivity contribution >= 4 is 18.7 Å². The van der Waals surface area contributed by atoms with Crippen LogP contribution >= 0.6 is 0 Å². The highest BCUT2D eigenvalue weighted by Crippen LogP contribution is 2.07. The van der Waals surface area contributed by atoms with E-state index in [4.69, 9.17) is 5.53 Å². The van der Waals surface area contributed by atoms with Crippen molar-refractivity contribution in [2.45, 2.75) is 13.3 Å². The summed E-state index contributed by atoms with van der Waals surface area (Å²) < 4.78 is 39.0. The van der Waals surface area contributed by atoms with Gasteiger partial charge in [0.05, 0.1) is 6.42 Å². The molecule has 8 heteroatoms. The Balaban J connectivity index is 0. The van der Waals surface area contributed by atoms with Crippen LogP contribution in [0.5, 0.6) is 0 Å². The highest BCUT2D eigenvalue weighted by atomic mass is 19.5. The average molecular weight is 236 g/mol. The maximum atomic E-state index is 10.8. The highest BCUT2D eigenvalue weighted by molar-refractivity contribution is 6.50. The van der Waals surface area contributed by atoms with Gasteiger partial charge in [-0.2, -0.15) is 4.79 Å². The van der Waals surface area contributed by atoms with E-state index in [1.807, 2.05) is 0 Å². The number of hydrogen-bond acceptors (Lipinski definition) is 1. The number of hydrogen-bond donors (Lipinski definition) is 0. The fourth-order valence-corrected chi connectivity index (χ4v) is 0.872. The summed E-state index contributed by atoms with van der Waals surface area (Å²) in [5.74, 6) is 0.0400. The summed E-state index contributed by atoms with van der Waals surface area (Å²) in [7, 11) is -6.00. The molecule has 0 atom stereocenters. The molecule has 0 saturated carbocycles. The van der Waals surface area contributed by atoms with Gasteiger partial charge in [0.25, 0.3) is 5.71 Å². The number of allylic oxidation sites excluding steroid dienone is 4. The predicted octanol–water partition coefficient (Wildman–Crippen LogP) is 2.55. The lowest BCUT2D eigenvalue weighted by Gasteiger charge is -1.97. The van der Waals surface area contributed by atoms with Gasteiger partial charge in [0, 0.05) is 11.6 Å². The van der Waals surface area contributed by atoms with Gasteiger partial charge in [-0.1, -0.05) is 6.08 Å². The smallest absolute Gasteiger partial charge is 0.418 e. The van der Waals surface area contributed by atoms with Gasteiger partial charge in [-0.3, -0.25) is 4.79 Å². The van der Waals surface area contributed by atoms with Gasteiger partial charge < -0.3 is 22.8 Å². The van der Waals surface area contributed by atoms with E-state index in [1.54, 1.807) is 18.2 Å². The normalized spacial score (nSPS) is 14.6. The quantitative estimate of drug-likeness (QED) is 0.298. The lowest BCUT2D eigenvalue weighted by molar-refractivity contribution is -0.113. The first kappa shape index (κ1) is 14.3. The summed E-state index contributed by atoms with van der Waals surface area (Å²) in [6.45, 7) is 1.51. The molecule has 0 aromatic carbocycles. The maximum absolute atomic E-state index is 10.8. The Hall–Kier alpha value is -1.69. The molecule has 0 aliphatic heterocycles. The summed E-state index contributed by atoms with van der Waals surface area (Å²) in [5.41, 5.74) is 9.60. The zero-order valence-corrected chi connectivity index (χ0v) is 8.33. The number of rotatable bonds is 1. The Morgan fingerprint density at radius 3 is 2.19 bits per heavy atom. The van der Waals surface area contributed by atoms with Gasteiger partial charge in [0.2, 0.25) is 0 Å². The van der Waals surface area contributed by atoms with E-state index in [1.165, 1.54) is 6.92 Å². The Kier molecular flexibility index (Phi) is 5.39. The minimum Gasteiger partial charge on any atom is -0.418 e. The molecule has 1 rings (SSSR count). The van der Waals surface area contributed by atoms with Crippen LogP contribution in [0.15, 0.2) is 23.8 Å². The van der Waals surface area contributed by atoms with Crippen LogP contribution in [0.25, 0.3) is 5.53 Å². The number of carbonyl (C=O) groups is 1. The fourth-order valence-electron chi connectivity index (χ4n) is 0.872. The number of carbonyl (C=O) groups excluding carboxylic acids is 1. The Morgan fingerprint density at radius 1 is 1.44 bits per heavy atom. The van der Waals surface area contributed by atoms with E-state index < -0.39 is 7.25 Å². The second kappa shape index (κ2) is 6.02. The van der Waals surface area contributed by atoms with Crippen LogP contribution in [0.4, 0.5) is 17.3 Å². The standard InChI is InChI=1S/C8H8N2O.BF4/c1-6(11)7-2-4-8(10-9)5-3-7;2-1(3,4)5/h2-4H,5H2,1H3;/q;-1/p+1. The molecule has 0 aromatic heterocycles. The maximum Gasteiger partial charge on any atom is 1.00 e. The van der Waals surface area contributed by atoms with Crippen molar-refractivity contribution in [1.82, 2.24) is 0 Å². The molecule has 0 fully saturated rings. The molecule has 3 nitrogen and oxygen atoms in total.